The molecule has 0 saturated carbocycles. The van der Waals surface area contributed by atoms with E-state index in [1.165, 1.54) is 33.5 Å². The lowest BCUT2D eigenvalue weighted by Crippen LogP contribution is -2.32. The summed E-state index contributed by atoms with van der Waals surface area (Å²) in [5.41, 5.74) is 0. The summed E-state index contributed by atoms with van der Waals surface area (Å²) in [6.45, 7) is 3.53. The Morgan fingerprint density at radius 3 is 2.00 bits per heavy atom. The van der Waals surface area contributed by atoms with Crippen LogP contribution >= 0.6 is 0 Å². The molecule has 0 heterocycles. The summed E-state index contributed by atoms with van der Waals surface area (Å²) in [5.74, 6) is 0.791. The van der Waals surface area contributed by atoms with E-state index in [2.05, 4.69) is 10.0 Å². The Morgan fingerprint density at radius 1 is 1.00 bits per heavy atom. The van der Waals surface area contributed by atoms with Gasteiger partial charge in [0.2, 0.25) is 10.0 Å². The summed E-state index contributed by atoms with van der Waals surface area (Å²) in [5, 5.41) is 3.04. The number of nitrogens with one attached hydrogen (secondary N) is 2. The van der Waals surface area contributed by atoms with E-state index in [1.807, 2.05) is 6.92 Å². The molecule has 0 amide bonds. The molecule has 0 atom stereocenters. The Hall–Kier alpha value is -1.51. The zero-order valence-corrected chi connectivity index (χ0v) is 13.5. The zero-order chi connectivity index (χ0) is 15.9. The van der Waals surface area contributed by atoms with Gasteiger partial charge in [0.25, 0.3) is 0 Å². The van der Waals surface area contributed by atoms with Crippen LogP contribution in [0.5, 0.6) is 17.2 Å². The van der Waals surface area contributed by atoms with Gasteiger partial charge in [-0.2, -0.15) is 0 Å². The number of ether oxygens (including phenoxy) is 3. The molecule has 0 bridgehead atoms. The van der Waals surface area contributed by atoms with Crippen molar-refractivity contribution < 1.29 is 22.6 Å². The smallest absolute Gasteiger partial charge is 0.248 e. The molecule has 0 aromatic heterocycles. The van der Waals surface area contributed by atoms with Crippen LogP contribution in [0.15, 0.2) is 17.0 Å². The van der Waals surface area contributed by atoms with Gasteiger partial charge < -0.3 is 19.5 Å². The van der Waals surface area contributed by atoms with Crippen LogP contribution in [0.2, 0.25) is 0 Å². The second-order valence-corrected chi connectivity index (χ2v) is 5.82. The van der Waals surface area contributed by atoms with Crippen LogP contribution in [0, 0.1) is 0 Å². The van der Waals surface area contributed by atoms with Crippen LogP contribution in [0.3, 0.4) is 0 Å². The van der Waals surface area contributed by atoms with Crippen LogP contribution < -0.4 is 24.2 Å². The first kappa shape index (κ1) is 17.5. The molecule has 7 nitrogen and oxygen atoms in total. The molecule has 1 aromatic carbocycles. The minimum absolute atomic E-state index is 0.0372. The lowest BCUT2D eigenvalue weighted by molar-refractivity contribution is 0.359. The highest BCUT2D eigenvalue weighted by Gasteiger charge is 2.25. The van der Waals surface area contributed by atoms with Crippen molar-refractivity contribution in [1.82, 2.24) is 10.0 Å². The molecule has 0 aliphatic carbocycles. The lowest BCUT2D eigenvalue weighted by atomic mass is 10.3. The third kappa shape index (κ3) is 4.48. The van der Waals surface area contributed by atoms with Gasteiger partial charge in [-0.25, -0.2) is 13.1 Å². The second-order valence-electron chi connectivity index (χ2n) is 4.11. The standard InChI is InChI=1S/C13H22N2O5S/c1-5-14-6-7-15-21(16,17)13-11(19-3)8-10(18-2)9-12(13)20-4/h8-9,14-15H,5-7H2,1-4H3. The average molecular weight is 318 g/mol. The fourth-order valence-electron chi connectivity index (χ4n) is 1.76. The number of hydrogen-bond donors (Lipinski definition) is 2. The van der Waals surface area contributed by atoms with Crippen LogP contribution in [-0.2, 0) is 10.0 Å². The van der Waals surface area contributed by atoms with Gasteiger partial charge in [-0.15, -0.1) is 0 Å². The van der Waals surface area contributed by atoms with E-state index in [9.17, 15) is 8.42 Å². The maximum absolute atomic E-state index is 12.4. The quantitative estimate of drug-likeness (QED) is 0.649. The van der Waals surface area contributed by atoms with Crippen LogP contribution in [0.25, 0.3) is 0 Å². The Labute approximate surface area is 125 Å². The van der Waals surface area contributed by atoms with Crippen molar-refractivity contribution in [1.29, 1.82) is 0 Å². The Kier molecular flexibility index (Phi) is 6.73. The summed E-state index contributed by atoms with van der Waals surface area (Å²) in [7, 11) is 0.526. The molecule has 2 N–H and O–H groups in total. The van der Waals surface area contributed by atoms with E-state index >= 15 is 0 Å². The first-order valence-corrected chi connectivity index (χ1v) is 7.98. The SMILES string of the molecule is CCNCCNS(=O)(=O)c1c(OC)cc(OC)cc1OC. The highest BCUT2D eigenvalue weighted by Crippen LogP contribution is 2.37. The van der Waals surface area contributed by atoms with Gasteiger partial charge in [-0.05, 0) is 6.54 Å². The summed E-state index contributed by atoms with van der Waals surface area (Å²) < 4.78 is 42.7. The Bertz CT molecular complexity index is 535. The predicted molar refractivity (Wildman–Crippen MR) is 79.8 cm³/mol. The summed E-state index contributed by atoms with van der Waals surface area (Å²) in [6, 6.07) is 3.00. The van der Waals surface area contributed by atoms with Gasteiger partial charge in [0.05, 0.1) is 21.3 Å². The van der Waals surface area contributed by atoms with Crippen LogP contribution in [-0.4, -0.2) is 49.4 Å². The Morgan fingerprint density at radius 2 is 1.57 bits per heavy atom. The second kappa shape index (κ2) is 8.06. The van der Waals surface area contributed by atoms with Crippen molar-refractivity contribution in [3.05, 3.63) is 12.1 Å². The average Bonchev–Trinajstić information content (AvgIpc) is 2.49. The van der Waals surface area contributed by atoms with Gasteiger partial charge >= 0.3 is 0 Å². The maximum atomic E-state index is 12.4. The van der Waals surface area contributed by atoms with Crippen molar-refractivity contribution in [3.63, 3.8) is 0 Å². The van der Waals surface area contributed by atoms with Crippen LogP contribution in [0.1, 0.15) is 6.92 Å². The molecule has 21 heavy (non-hydrogen) atoms. The van der Waals surface area contributed by atoms with E-state index < -0.39 is 10.0 Å². The van der Waals surface area contributed by atoms with E-state index in [0.717, 1.165) is 6.54 Å². The molecule has 0 spiro atoms. The van der Waals surface area contributed by atoms with Gasteiger partial charge in [0, 0.05) is 25.2 Å². The molecule has 1 rings (SSSR count). The molecular formula is C13H22N2O5S. The first-order valence-electron chi connectivity index (χ1n) is 6.50. The van der Waals surface area contributed by atoms with Crippen molar-refractivity contribution in [3.8, 4) is 17.2 Å². The minimum atomic E-state index is -3.75. The number of rotatable bonds is 9. The highest BCUT2D eigenvalue weighted by molar-refractivity contribution is 7.89. The molecule has 8 heteroatoms. The number of hydrogen-bond acceptors (Lipinski definition) is 6. The third-order valence-electron chi connectivity index (χ3n) is 2.78. The minimum Gasteiger partial charge on any atom is -0.496 e. The summed E-state index contributed by atoms with van der Waals surface area (Å²) in [4.78, 5) is -0.0372. The Balaban J connectivity index is 3.14. The topological polar surface area (TPSA) is 85.9 Å². The molecule has 0 aliphatic heterocycles. The monoisotopic (exact) mass is 318 g/mol. The fraction of sp³-hybridized carbons (Fsp3) is 0.538. The maximum Gasteiger partial charge on any atom is 0.248 e. The molecule has 0 aliphatic rings. The predicted octanol–water partition coefficient (Wildman–Crippen LogP) is 0.600. The van der Waals surface area contributed by atoms with E-state index in [4.69, 9.17) is 14.2 Å². The number of likely N-dealkylation sites (N-methyl/N-ethyl adjacent to an activating group) is 1. The van der Waals surface area contributed by atoms with Crippen molar-refractivity contribution in [2.75, 3.05) is 41.0 Å². The normalized spacial score (nSPS) is 11.2. The molecular weight excluding hydrogens is 296 g/mol. The van der Waals surface area contributed by atoms with Gasteiger partial charge in [0.15, 0.2) is 4.90 Å². The number of benzene rings is 1. The van der Waals surface area contributed by atoms with Crippen molar-refractivity contribution >= 4 is 10.0 Å². The highest BCUT2D eigenvalue weighted by atomic mass is 32.2. The van der Waals surface area contributed by atoms with E-state index in [0.29, 0.717) is 12.3 Å². The van der Waals surface area contributed by atoms with Gasteiger partial charge in [-0.1, -0.05) is 6.92 Å². The summed E-state index contributed by atoms with van der Waals surface area (Å²) >= 11 is 0. The molecule has 1 aromatic rings. The van der Waals surface area contributed by atoms with E-state index in [1.54, 1.807) is 0 Å². The largest absolute Gasteiger partial charge is 0.496 e. The number of methoxy groups -OCH3 is 3. The third-order valence-corrected chi connectivity index (χ3v) is 4.31. The fourth-order valence-corrected chi connectivity index (χ4v) is 3.09. The zero-order valence-electron chi connectivity index (χ0n) is 12.7. The molecule has 0 unspecified atom stereocenters. The van der Waals surface area contributed by atoms with Gasteiger partial charge in [0.1, 0.15) is 17.2 Å². The first-order chi connectivity index (χ1) is 10.00. The van der Waals surface area contributed by atoms with Crippen LogP contribution in [0.4, 0.5) is 0 Å². The van der Waals surface area contributed by atoms with Crippen molar-refractivity contribution in [2.24, 2.45) is 0 Å². The molecule has 120 valence electrons. The van der Waals surface area contributed by atoms with E-state index in [-0.39, 0.29) is 22.9 Å². The van der Waals surface area contributed by atoms with Crippen molar-refractivity contribution in [2.45, 2.75) is 11.8 Å². The molecule has 0 radical (unpaired) electrons. The molecule has 0 saturated heterocycles. The summed E-state index contributed by atoms with van der Waals surface area (Å²) in [6.07, 6.45) is 0. The van der Waals surface area contributed by atoms with Gasteiger partial charge in [-0.3, -0.25) is 0 Å². The lowest BCUT2D eigenvalue weighted by Gasteiger charge is -2.15. The number of sulfonamides is 1. The molecule has 0 fully saturated rings.